The summed E-state index contributed by atoms with van der Waals surface area (Å²) >= 11 is 0. The Balaban J connectivity index is 1.37. The Bertz CT molecular complexity index is 1220. The molecule has 35 heavy (non-hydrogen) atoms. The quantitative estimate of drug-likeness (QED) is 0.404. The lowest BCUT2D eigenvalue weighted by Crippen LogP contribution is -2.25. The molecule has 182 valence electrons. The van der Waals surface area contributed by atoms with Crippen LogP contribution in [0.4, 0.5) is 10.1 Å². The summed E-state index contributed by atoms with van der Waals surface area (Å²) in [6.07, 6.45) is 2.27. The number of fused-ring (bicyclic) bond motifs is 1. The van der Waals surface area contributed by atoms with E-state index in [2.05, 4.69) is 17.4 Å². The minimum atomic E-state index is -0.287. The lowest BCUT2D eigenvalue weighted by Gasteiger charge is -2.30. The molecule has 0 bridgehead atoms. The van der Waals surface area contributed by atoms with E-state index in [4.69, 9.17) is 14.2 Å². The number of ether oxygens (including phenoxy) is 3. The Morgan fingerprint density at radius 2 is 1.83 bits per heavy atom. The van der Waals surface area contributed by atoms with E-state index in [1.54, 1.807) is 19.2 Å². The highest BCUT2D eigenvalue weighted by atomic mass is 19.1. The first kappa shape index (κ1) is 23.2. The Morgan fingerprint density at radius 1 is 1.06 bits per heavy atom. The van der Waals surface area contributed by atoms with E-state index >= 15 is 0 Å². The molecular weight excluding hydrogens is 445 g/mol. The number of halogens is 1. The van der Waals surface area contributed by atoms with Crippen molar-refractivity contribution in [2.24, 2.45) is 11.8 Å². The molecule has 1 aliphatic heterocycles. The van der Waals surface area contributed by atoms with Gasteiger partial charge in [-0.2, -0.15) is 0 Å². The summed E-state index contributed by atoms with van der Waals surface area (Å²) in [5.74, 6) is 1.40. The van der Waals surface area contributed by atoms with Gasteiger partial charge in [-0.25, -0.2) is 4.39 Å². The van der Waals surface area contributed by atoms with Crippen LogP contribution in [0.25, 0.3) is 11.1 Å². The van der Waals surface area contributed by atoms with Crippen LogP contribution in [0.1, 0.15) is 42.9 Å². The maximum atomic E-state index is 14.4. The molecule has 3 aromatic carbocycles. The van der Waals surface area contributed by atoms with Crippen molar-refractivity contribution in [3.8, 4) is 22.6 Å². The molecule has 0 saturated heterocycles. The summed E-state index contributed by atoms with van der Waals surface area (Å²) in [4.78, 5) is 12.3. The van der Waals surface area contributed by atoms with Crippen molar-refractivity contribution in [3.63, 3.8) is 0 Å². The third kappa shape index (κ3) is 4.70. The molecule has 1 aliphatic carbocycles. The second-order valence-corrected chi connectivity index (χ2v) is 9.41. The fourth-order valence-corrected chi connectivity index (χ4v) is 5.08. The fourth-order valence-electron chi connectivity index (χ4n) is 5.08. The van der Waals surface area contributed by atoms with Gasteiger partial charge >= 0.3 is 5.97 Å². The molecule has 0 spiro atoms. The van der Waals surface area contributed by atoms with Crippen LogP contribution in [-0.2, 0) is 9.53 Å². The molecule has 2 unspecified atom stereocenters. The number of rotatable bonds is 7. The molecule has 0 radical (unpaired) electrons. The van der Waals surface area contributed by atoms with Gasteiger partial charge in [0.1, 0.15) is 23.9 Å². The van der Waals surface area contributed by atoms with Crippen molar-refractivity contribution < 1.29 is 23.4 Å². The Labute approximate surface area is 205 Å². The molecule has 0 aromatic heterocycles. The molecule has 1 heterocycles. The zero-order valence-corrected chi connectivity index (χ0v) is 20.2. The van der Waals surface area contributed by atoms with Gasteiger partial charge in [0.25, 0.3) is 0 Å². The average Bonchev–Trinajstić information content (AvgIpc) is 3.73. The summed E-state index contributed by atoms with van der Waals surface area (Å²) in [6.45, 7) is 2.44. The molecule has 6 heteroatoms. The zero-order valence-electron chi connectivity index (χ0n) is 20.2. The topological polar surface area (TPSA) is 56.8 Å². The van der Waals surface area contributed by atoms with Crippen molar-refractivity contribution in [3.05, 3.63) is 77.6 Å². The number of carbonyl (C=O) groups excluding carboxylic acids is 1. The number of nitrogens with one attached hydrogen (secondary N) is 1. The van der Waals surface area contributed by atoms with Crippen molar-refractivity contribution >= 4 is 11.7 Å². The SMILES string of the molecule is COC(=O)[C@@H](C)C(c1ccc2c(c1)NC(c1ccc(-c3cc(OC)ccc3F)cc1)CO2)C1CC1. The number of esters is 1. The summed E-state index contributed by atoms with van der Waals surface area (Å²) in [5.41, 5.74) is 4.39. The maximum absolute atomic E-state index is 14.4. The van der Waals surface area contributed by atoms with Gasteiger partial charge in [0.2, 0.25) is 0 Å². The molecule has 1 N–H and O–H groups in total. The van der Waals surface area contributed by atoms with E-state index in [-0.39, 0.29) is 29.7 Å². The molecule has 1 fully saturated rings. The van der Waals surface area contributed by atoms with Crippen LogP contribution in [0.2, 0.25) is 0 Å². The molecule has 1 saturated carbocycles. The first-order chi connectivity index (χ1) is 17.0. The second kappa shape index (κ2) is 9.61. The minimum Gasteiger partial charge on any atom is -0.497 e. The predicted molar refractivity (Wildman–Crippen MR) is 133 cm³/mol. The van der Waals surface area contributed by atoms with Crippen molar-refractivity contribution in [2.45, 2.75) is 31.7 Å². The van der Waals surface area contributed by atoms with Gasteiger partial charge < -0.3 is 19.5 Å². The number of carbonyl (C=O) groups is 1. The highest BCUT2D eigenvalue weighted by Crippen LogP contribution is 2.48. The van der Waals surface area contributed by atoms with Crippen LogP contribution >= 0.6 is 0 Å². The normalized spacial score (nSPS) is 18.5. The van der Waals surface area contributed by atoms with E-state index in [9.17, 15) is 9.18 Å². The molecular formula is C29H30FNO4. The van der Waals surface area contributed by atoms with Gasteiger partial charge in [-0.1, -0.05) is 37.3 Å². The molecule has 2 aliphatic rings. The van der Waals surface area contributed by atoms with Crippen molar-refractivity contribution in [2.75, 3.05) is 26.1 Å². The van der Waals surface area contributed by atoms with Gasteiger partial charge in [0, 0.05) is 5.56 Å². The van der Waals surface area contributed by atoms with E-state index < -0.39 is 0 Å². The third-order valence-electron chi connectivity index (χ3n) is 7.16. The van der Waals surface area contributed by atoms with Crippen LogP contribution in [0.3, 0.4) is 0 Å². The lowest BCUT2D eigenvalue weighted by atomic mass is 9.83. The average molecular weight is 476 g/mol. The first-order valence-electron chi connectivity index (χ1n) is 12.0. The Kier molecular flexibility index (Phi) is 6.37. The van der Waals surface area contributed by atoms with Crippen LogP contribution in [0, 0.1) is 17.7 Å². The fraction of sp³-hybridized carbons (Fsp3) is 0.345. The van der Waals surface area contributed by atoms with Crippen LogP contribution < -0.4 is 14.8 Å². The monoisotopic (exact) mass is 475 g/mol. The van der Waals surface area contributed by atoms with Crippen LogP contribution in [-0.4, -0.2) is 26.8 Å². The number of benzene rings is 3. The number of anilines is 1. The molecule has 3 atom stereocenters. The molecule has 5 nitrogen and oxygen atoms in total. The van der Waals surface area contributed by atoms with E-state index in [0.29, 0.717) is 23.8 Å². The Morgan fingerprint density at radius 3 is 2.51 bits per heavy atom. The van der Waals surface area contributed by atoms with Crippen molar-refractivity contribution in [1.29, 1.82) is 0 Å². The Hall–Kier alpha value is -3.54. The summed E-state index contributed by atoms with van der Waals surface area (Å²) < 4.78 is 30.7. The third-order valence-corrected chi connectivity index (χ3v) is 7.16. The highest BCUT2D eigenvalue weighted by Gasteiger charge is 2.39. The van der Waals surface area contributed by atoms with Crippen LogP contribution in [0.5, 0.6) is 11.5 Å². The minimum absolute atomic E-state index is 0.0423. The maximum Gasteiger partial charge on any atom is 0.309 e. The second-order valence-electron chi connectivity index (χ2n) is 9.41. The van der Waals surface area contributed by atoms with Gasteiger partial charge in [-0.05, 0) is 71.7 Å². The standard InChI is InChI=1S/C29H30FNO4/c1-17(29(32)34-3)28(20-8-9-20)21-10-13-27-25(14-21)31-26(16-35-27)19-6-4-18(5-7-19)23-15-22(33-2)11-12-24(23)30/h4-7,10-15,17,20,26,28,31H,8-9,16H2,1-3H3/t17-,26?,28?/m0/s1. The van der Waals surface area contributed by atoms with E-state index in [0.717, 1.165) is 41.0 Å². The van der Waals surface area contributed by atoms with Gasteiger partial charge in [-0.3, -0.25) is 4.79 Å². The van der Waals surface area contributed by atoms with E-state index in [1.807, 2.05) is 37.3 Å². The van der Waals surface area contributed by atoms with Crippen LogP contribution in [0.15, 0.2) is 60.7 Å². The molecule has 0 amide bonds. The molecule has 5 rings (SSSR count). The zero-order chi connectivity index (χ0) is 24.5. The lowest BCUT2D eigenvalue weighted by molar-refractivity contribution is -0.145. The highest BCUT2D eigenvalue weighted by molar-refractivity contribution is 5.74. The smallest absolute Gasteiger partial charge is 0.309 e. The first-order valence-corrected chi connectivity index (χ1v) is 12.0. The van der Waals surface area contributed by atoms with Gasteiger partial charge in [-0.15, -0.1) is 0 Å². The van der Waals surface area contributed by atoms with E-state index in [1.165, 1.54) is 13.2 Å². The molecule has 3 aromatic rings. The summed E-state index contributed by atoms with van der Waals surface area (Å²) in [5, 5.41) is 3.60. The summed E-state index contributed by atoms with van der Waals surface area (Å²) in [7, 11) is 3.02. The predicted octanol–water partition coefficient (Wildman–Crippen LogP) is 6.35. The largest absolute Gasteiger partial charge is 0.497 e. The van der Waals surface area contributed by atoms with Crippen molar-refractivity contribution in [1.82, 2.24) is 0 Å². The van der Waals surface area contributed by atoms with Gasteiger partial charge in [0.05, 0.1) is 31.9 Å². The van der Waals surface area contributed by atoms with Gasteiger partial charge in [0.15, 0.2) is 0 Å². The number of methoxy groups -OCH3 is 2. The number of hydrogen-bond donors (Lipinski definition) is 1. The summed E-state index contributed by atoms with van der Waals surface area (Å²) in [6, 6.07) is 18.7. The number of hydrogen-bond acceptors (Lipinski definition) is 5.